The summed E-state index contributed by atoms with van der Waals surface area (Å²) < 4.78 is 5.26. The number of amides is 1. The van der Waals surface area contributed by atoms with Crippen molar-refractivity contribution in [3.05, 3.63) is 54.0 Å². The van der Waals surface area contributed by atoms with Crippen LogP contribution in [0.1, 0.15) is 31.2 Å². The smallest absolute Gasteiger partial charge is 0.244 e. The van der Waals surface area contributed by atoms with E-state index in [-0.39, 0.29) is 18.5 Å². The second-order valence-electron chi connectivity index (χ2n) is 5.50. The molecule has 124 valence electrons. The van der Waals surface area contributed by atoms with Crippen molar-refractivity contribution >= 4 is 5.91 Å². The molecule has 0 aliphatic rings. The van der Waals surface area contributed by atoms with E-state index in [0.29, 0.717) is 11.6 Å². The maximum atomic E-state index is 12.1. The molecule has 0 aliphatic heterocycles. The lowest BCUT2D eigenvalue weighted by atomic mass is 10.1. The van der Waals surface area contributed by atoms with Crippen molar-refractivity contribution in [1.82, 2.24) is 25.5 Å². The fourth-order valence-corrected chi connectivity index (χ4v) is 2.34. The molecule has 0 unspecified atom stereocenters. The number of nitrogens with zero attached hydrogens (tertiary/aromatic N) is 4. The van der Waals surface area contributed by atoms with Gasteiger partial charge < -0.3 is 9.73 Å². The summed E-state index contributed by atoms with van der Waals surface area (Å²) in [7, 11) is 0. The van der Waals surface area contributed by atoms with Crippen LogP contribution in [-0.2, 0) is 17.8 Å². The minimum Gasteiger partial charge on any atom is -0.467 e. The molecule has 3 aromatic rings. The summed E-state index contributed by atoms with van der Waals surface area (Å²) in [6.45, 7) is 3.96. The minimum atomic E-state index is -0.211. The first-order valence-electron chi connectivity index (χ1n) is 7.85. The van der Waals surface area contributed by atoms with E-state index in [9.17, 15) is 4.79 Å². The summed E-state index contributed by atoms with van der Waals surface area (Å²) >= 11 is 0. The third-order valence-corrected chi connectivity index (χ3v) is 3.71. The molecule has 0 aliphatic carbocycles. The van der Waals surface area contributed by atoms with Gasteiger partial charge in [-0.25, -0.2) is 0 Å². The van der Waals surface area contributed by atoms with Gasteiger partial charge in [-0.15, -0.1) is 10.2 Å². The summed E-state index contributed by atoms with van der Waals surface area (Å²) in [6, 6.07) is 11.4. The highest BCUT2D eigenvalue weighted by molar-refractivity contribution is 5.75. The third kappa shape index (κ3) is 3.68. The van der Waals surface area contributed by atoms with E-state index in [0.717, 1.165) is 12.0 Å². The predicted molar refractivity (Wildman–Crippen MR) is 87.9 cm³/mol. The third-order valence-electron chi connectivity index (χ3n) is 3.71. The number of benzene rings is 1. The van der Waals surface area contributed by atoms with Crippen molar-refractivity contribution in [2.75, 3.05) is 0 Å². The van der Waals surface area contributed by atoms with E-state index in [4.69, 9.17) is 4.42 Å². The molecule has 0 saturated heterocycles. The van der Waals surface area contributed by atoms with Crippen LogP contribution >= 0.6 is 0 Å². The van der Waals surface area contributed by atoms with Gasteiger partial charge in [0.25, 0.3) is 0 Å². The van der Waals surface area contributed by atoms with Crippen LogP contribution in [0.15, 0.2) is 47.1 Å². The summed E-state index contributed by atoms with van der Waals surface area (Å²) in [5.41, 5.74) is 2.13. The average Bonchev–Trinajstić information content (AvgIpc) is 3.26. The van der Waals surface area contributed by atoms with Crippen LogP contribution in [0.3, 0.4) is 0 Å². The van der Waals surface area contributed by atoms with E-state index < -0.39 is 0 Å². The van der Waals surface area contributed by atoms with Gasteiger partial charge in [-0.2, -0.15) is 4.80 Å². The molecule has 2 aromatic heterocycles. The lowest BCUT2D eigenvalue weighted by Gasteiger charge is -2.10. The molecule has 0 radical (unpaired) electrons. The number of aromatic nitrogens is 4. The second-order valence-corrected chi connectivity index (χ2v) is 5.50. The molecule has 3 rings (SSSR count). The van der Waals surface area contributed by atoms with Crippen molar-refractivity contribution < 1.29 is 9.21 Å². The number of carbonyl (C=O) groups is 1. The van der Waals surface area contributed by atoms with Gasteiger partial charge in [0.1, 0.15) is 12.3 Å². The zero-order valence-corrected chi connectivity index (χ0v) is 13.6. The van der Waals surface area contributed by atoms with Crippen molar-refractivity contribution in [2.24, 2.45) is 0 Å². The number of carbonyl (C=O) groups excluding carboxylic acids is 1. The van der Waals surface area contributed by atoms with Crippen molar-refractivity contribution in [2.45, 2.75) is 32.9 Å². The van der Waals surface area contributed by atoms with Crippen molar-refractivity contribution in [3.63, 3.8) is 0 Å². The number of tetrazole rings is 1. The Morgan fingerprint density at radius 3 is 2.75 bits per heavy atom. The Morgan fingerprint density at radius 1 is 1.29 bits per heavy atom. The maximum Gasteiger partial charge on any atom is 0.244 e. The van der Waals surface area contributed by atoms with Gasteiger partial charge in [-0.3, -0.25) is 4.79 Å². The monoisotopic (exact) mass is 325 g/mol. The SMILES string of the molecule is CCc1ccc(-c2nnn(CC(=O)N[C@H](C)c3ccco3)n2)cc1. The van der Waals surface area contributed by atoms with E-state index in [1.165, 1.54) is 10.4 Å². The van der Waals surface area contributed by atoms with Crippen LogP contribution in [0, 0.1) is 0 Å². The van der Waals surface area contributed by atoms with Gasteiger partial charge in [-0.1, -0.05) is 31.2 Å². The van der Waals surface area contributed by atoms with E-state index in [1.54, 1.807) is 12.3 Å². The Labute approximate surface area is 139 Å². The molecule has 0 fully saturated rings. The topological polar surface area (TPSA) is 85.8 Å². The summed E-state index contributed by atoms with van der Waals surface area (Å²) in [5.74, 6) is 1.00. The highest BCUT2D eigenvalue weighted by Crippen LogP contribution is 2.15. The van der Waals surface area contributed by atoms with Crippen LogP contribution in [0.4, 0.5) is 0 Å². The largest absolute Gasteiger partial charge is 0.467 e. The molecule has 0 saturated carbocycles. The fraction of sp³-hybridized carbons (Fsp3) is 0.294. The Balaban J connectivity index is 1.61. The van der Waals surface area contributed by atoms with Gasteiger partial charge in [0.05, 0.1) is 12.3 Å². The van der Waals surface area contributed by atoms with Gasteiger partial charge >= 0.3 is 0 Å². The van der Waals surface area contributed by atoms with Crippen LogP contribution in [0.25, 0.3) is 11.4 Å². The predicted octanol–water partition coefficient (Wildman–Crippen LogP) is 2.37. The molecule has 0 spiro atoms. The summed E-state index contributed by atoms with van der Waals surface area (Å²) in [5, 5.41) is 15.0. The average molecular weight is 325 g/mol. The zero-order valence-electron chi connectivity index (χ0n) is 13.6. The molecule has 2 heterocycles. The van der Waals surface area contributed by atoms with E-state index >= 15 is 0 Å². The van der Waals surface area contributed by atoms with Gasteiger partial charge in [0, 0.05) is 5.56 Å². The number of aryl methyl sites for hydroxylation is 1. The molecule has 7 heteroatoms. The number of hydrogen-bond donors (Lipinski definition) is 1. The van der Waals surface area contributed by atoms with Crippen LogP contribution in [0.5, 0.6) is 0 Å². The number of hydrogen-bond acceptors (Lipinski definition) is 5. The van der Waals surface area contributed by atoms with E-state index in [2.05, 4.69) is 27.7 Å². The van der Waals surface area contributed by atoms with Crippen LogP contribution < -0.4 is 5.32 Å². The second kappa shape index (κ2) is 7.08. The molecule has 24 heavy (non-hydrogen) atoms. The van der Waals surface area contributed by atoms with Crippen LogP contribution in [-0.4, -0.2) is 26.1 Å². The van der Waals surface area contributed by atoms with E-state index in [1.807, 2.05) is 37.3 Å². The van der Waals surface area contributed by atoms with Crippen LogP contribution in [0.2, 0.25) is 0 Å². The normalized spacial score (nSPS) is 12.1. The Kier molecular flexibility index (Phi) is 4.69. The molecule has 1 atom stereocenters. The standard InChI is InChI=1S/C17H19N5O2/c1-3-13-6-8-14(9-7-13)17-19-21-22(20-17)11-16(23)18-12(2)15-5-4-10-24-15/h4-10,12H,3,11H2,1-2H3,(H,18,23)/t12-/m1/s1. The number of nitrogens with one attached hydrogen (secondary N) is 1. The molecule has 7 nitrogen and oxygen atoms in total. The number of furan rings is 1. The summed E-state index contributed by atoms with van der Waals surface area (Å²) in [6.07, 6.45) is 2.56. The first-order chi connectivity index (χ1) is 11.7. The first-order valence-corrected chi connectivity index (χ1v) is 7.85. The Bertz CT molecular complexity index is 793. The number of rotatable bonds is 6. The maximum absolute atomic E-state index is 12.1. The summed E-state index contributed by atoms with van der Waals surface area (Å²) in [4.78, 5) is 13.4. The molecule has 1 N–H and O–H groups in total. The van der Waals surface area contributed by atoms with Crippen molar-refractivity contribution in [3.8, 4) is 11.4 Å². The lowest BCUT2D eigenvalue weighted by Crippen LogP contribution is -2.30. The van der Waals surface area contributed by atoms with Gasteiger partial charge in [-0.05, 0) is 36.3 Å². The highest BCUT2D eigenvalue weighted by atomic mass is 16.3. The fourth-order valence-electron chi connectivity index (χ4n) is 2.34. The van der Waals surface area contributed by atoms with Gasteiger partial charge in [0.2, 0.25) is 11.7 Å². The first kappa shape index (κ1) is 15.9. The molecular weight excluding hydrogens is 306 g/mol. The highest BCUT2D eigenvalue weighted by Gasteiger charge is 2.14. The van der Waals surface area contributed by atoms with Gasteiger partial charge in [0.15, 0.2) is 0 Å². The molecule has 1 amide bonds. The minimum absolute atomic E-state index is 0.00505. The zero-order chi connectivity index (χ0) is 16.9. The quantitative estimate of drug-likeness (QED) is 0.752. The Hall–Kier alpha value is -2.96. The Morgan fingerprint density at radius 2 is 2.08 bits per heavy atom. The molecular formula is C17H19N5O2. The molecule has 0 bridgehead atoms. The lowest BCUT2D eigenvalue weighted by molar-refractivity contribution is -0.122. The molecule has 1 aromatic carbocycles. The van der Waals surface area contributed by atoms with Crippen molar-refractivity contribution in [1.29, 1.82) is 0 Å².